The average Bonchev–Trinajstić information content (AvgIpc) is 3.27. The third-order valence-corrected chi connectivity index (χ3v) is 5.09. The quantitative estimate of drug-likeness (QED) is 0.592. The highest BCUT2D eigenvalue weighted by atomic mass is 16.5. The average molecular weight is 413 g/mol. The molecule has 0 aliphatic carbocycles. The molecule has 4 rings (SSSR count). The topological polar surface area (TPSA) is 100 Å². The Balaban J connectivity index is 1.43. The van der Waals surface area contributed by atoms with E-state index < -0.39 is 0 Å². The molecule has 158 valence electrons. The summed E-state index contributed by atoms with van der Waals surface area (Å²) in [6.07, 6.45) is 3.54. The summed E-state index contributed by atoms with van der Waals surface area (Å²) in [4.78, 5) is 12.2. The molecule has 1 aromatic carbocycles. The summed E-state index contributed by atoms with van der Waals surface area (Å²) >= 11 is 0. The van der Waals surface area contributed by atoms with Crippen LogP contribution in [0.3, 0.4) is 0 Å². The van der Waals surface area contributed by atoms with Crippen molar-refractivity contribution in [2.75, 3.05) is 52.4 Å². The standard InChI is InChI=1S/C20H24N6O4/c1-27-15-11-14(12-16(28-2)18(15)29-3)19-24-23-17(30-19)13-25-7-9-26(10-8-25)20-21-5-4-6-22-20/h4-6,11-12H,7-10,13H2,1-3H3/p+1. The second kappa shape index (κ2) is 8.95. The molecule has 1 N–H and O–H groups in total. The Morgan fingerprint density at radius 3 is 2.23 bits per heavy atom. The number of rotatable bonds is 7. The Kier molecular flexibility index (Phi) is 5.94. The van der Waals surface area contributed by atoms with E-state index in [2.05, 4.69) is 25.1 Å². The molecule has 0 bridgehead atoms. The first kappa shape index (κ1) is 19.9. The van der Waals surface area contributed by atoms with Crippen LogP contribution in [0.4, 0.5) is 5.95 Å². The number of ether oxygens (including phenoxy) is 3. The Hall–Kier alpha value is -3.40. The van der Waals surface area contributed by atoms with Crippen molar-refractivity contribution in [3.8, 4) is 28.7 Å². The van der Waals surface area contributed by atoms with Crippen LogP contribution in [0, 0.1) is 0 Å². The predicted octanol–water partition coefficient (Wildman–Crippen LogP) is 0.458. The van der Waals surface area contributed by atoms with Gasteiger partial charge >= 0.3 is 0 Å². The smallest absolute Gasteiger partial charge is 0.271 e. The van der Waals surface area contributed by atoms with Crippen LogP contribution in [0.2, 0.25) is 0 Å². The summed E-state index contributed by atoms with van der Waals surface area (Å²) in [5.41, 5.74) is 0.712. The van der Waals surface area contributed by atoms with Gasteiger partial charge in [-0.05, 0) is 18.2 Å². The van der Waals surface area contributed by atoms with E-state index in [1.54, 1.807) is 45.9 Å². The van der Waals surface area contributed by atoms with E-state index in [9.17, 15) is 0 Å². The van der Waals surface area contributed by atoms with E-state index in [0.29, 0.717) is 41.1 Å². The van der Waals surface area contributed by atoms with Crippen LogP contribution >= 0.6 is 0 Å². The van der Waals surface area contributed by atoms with Crippen molar-refractivity contribution >= 4 is 5.95 Å². The Labute approximate surface area is 174 Å². The Morgan fingerprint density at radius 1 is 0.967 bits per heavy atom. The molecule has 30 heavy (non-hydrogen) atoms. The number of hydrogen-bond donors (Lipinski definition) is 1. The molecule has 1 aliphatic rings. The lowest BCUT2D eigenvalue weighted by atomic mass is 10.2. The van der Waals surface area contributed by atoms with E-state index in [0.717, 1.165) is 32.1 Å². The first-order valence-electron chi connectivity index (χ1n) is 9.70. The fraction of sp³-hybridized carbons (Fsp3) is 0.400. The fourth-order valence-electron chi connectivity index (χ4n) is 3.51. The van der Waals surface area contributed by atoms with Gasteiger partial charge in [0.05, 0.1) is 47.5 Å². The first-order valence-corrected chi connectivity index (χ1v) is 9.70. The van der Waals surface area contributed by atoms with Crippen molar-refractivity contribution in [2.45, 2.75) is 6.54 Å². The molecule has 3 heterocycles. The van der Waals surface area contributed by atoms with Crippen LogP contribution in [-0.2, 0) is 6.54 Å². The van der Waals surface area contributed by atoms with Crippen LogP contribution < -0.4 is 24.0 Å². The molecular weight excluding hydrogens is 388 g/mol. The lowest BCUT2D eigenvalue weighted by Crippen LogP contribution is -3.13. The number of methoxy groups -OCH3 is 3. The molecule has 10 nitrogen and oxygen atoms in total. The van der Waals surface area contributed by atoms with Crippen LogP contribution in [0.5, 0.6) is 17.2 Å². The van der Waals surface area contributed by atoms with Crippen molar-refractivity contribution in [1.29, 1.82) is 0 Å². The lowest BCUT2D eigenvalue weighted by molar-refractivity contribution is -0.915. The van der Waals surface area contributed by atoms with E-state index in [4.69, 9.17) is 18.6 Å². The molecule has 1 saturated heterocycles. The third kappa shape index (κ3) is 4.13. The number of piperazine rings is 1. The molecule has 0 saturated carbocycles. The van der Waals surface area contributed by atoms with E-state index >= 15 is 0 Å². The predicted molar refractivity (Wildman–Crippen MR) is 108 cm³/mol. The molecule has 1 fully saturated rings. The number of benzene rings is 1. The minimum Gasteiger partial charge on any atom is -0.493 e. The van der Waals surface area contributed by atoms with Gasteiger partial charge in [0, 0.05) is 18.0 Å². The van der Waals surface area contributed by atoms with Gasteiger partial charge in [0.25, 0.3) is 5.89 Å². The maximum Gasteiger partial charge on any atom is 0.271 e. The number of nitrogens with zero attached hydrogens (tertiary/aromatic N) is 5. The number of aromatic nitrogens is 4. The van der Waals surface area contributed by atoms with Gasteiger partial charge in [-0.1, -0.05) is 0 Å². The molecule has 3 aromatic rings. The highest BCUT2D eigenvalue weighted by Crippen LogP contribution is 2.40. The molecular formula is C20H25N6O4+. The third-order valence-electron chi connectivity index (χ3n) is 5.09. The zero-order valence-corrected chi connectivity index (χ0v) is 17.3. The van der Waals surface area contributed by atoms with E-state index in [-0.39, 0.29) is 0 Å². The SMILES string of the molecule is COc1cc(-c2nnc(C[NH+]3CCN(c4ncccn4)CC3)o2)cc(OC)c1OC. The number of nitrogens with one attached hydrogen (secondary N) is 1. The Morgan fingerprint density at radius 2 is 1.63 bits per heavy atom. The molecule has 0 amide bonds. The molecule has 0 radical (unpaired) electrons. The van der Waals surface area contributed by atoms with Crippen LogP contribution in [-0.4, -0.2) is 67.7 Å². The highest BCUT2D eigenvalue weighted by molar-refractivity contribution is 5.65. The summed E-state index contributed by atoms with van der Waals surface area (Å²) in [5.74, 6) is 3.39. The van der Waals surface area contributed by atoms with E-state index in [1.807, 2.05) is 6.07 Å². The molecule has 0 spiro atoms. The summed E-state index contributed by atoms with van der Waals surface area (Å²) in [5, 5.41) is 8.44. The lowest BCUT2D eigenvalue weighted by Gasteiger charge is -2.31. The summed E-state index contributed by atoms with van der Waals surface area (Å²) in [6.45, 7) is 4.32. The Bertz CT molecular complexity index is 947. The van der Waals surface area contributed by atoms with Crippen molar-refractivity contribution in [1.82, 2.24) is 20.2 Å². The van der Waals surface area contributed by atoms with Gasteiger partial charge < -0.3 is 28.4 Å². The van der Waals surface area contributed by atoms with Gasteiger partial charge in [-0.3, -0.25) is 0 Å². The molecule has 0 unspecified atom stereocenters. The number of hydrogen-bond acceptors (Lipinski definition) is 9. The largest absolute Gasteiger partial charge is 0.493 e. The van der Waals surface area contributed by atoms with Gasteiger partial charge in [-0.2, -0.15) is 0 Å². The van der Waals surface area contributed by atoms with Gasteiger partial charge in [0.2, 0.25) is 17.6 Å². The van der Waals surface area contributed by atoms with Crippen LogP contribution in [0.1, 0.15) is 5.89 Å². The van der Waals surface area contributed by atoms with Crippen LogP contribution in [0.25, 0.3) is 11.5 Å². The van der Waals surface area contributed by atoms with Gasteiger partial charge in [0.15, 0.2) is 18.0 Å². The zero-order valence-electron chi connectivity index (χ0n) is 17.3. The van der Waals surface area contributed by atoms with Crippen LogP contribution in [0.15, 0.2) is 35.0 Å². The normalized spacial score (nSPS) is 14.6. The molecule has 0 atom stereocenters. The maximum atomic E-state index is 5.92. The molecule has 1 aliphatic heterocycles. The second-order valence-electron chi connectivity index (χ2n) is 6.88. The number of anilines is 1. The number of quaternary nitrogens is 1. The van der Waals surface area contributed by atoms with Crippen molar-refractivity contribution in [3.63, 3.8) is 0 Å². The second-order valence-corrected chi connectivity index (χ2v) is 6.88. The van der Waals surface area contributed by atoms with Crippen molar-refractivity contribution < 1.29 is 23.5 Å². The summed E-state index contributed by atoms with van der Waals surface area (Å²) in [7, 11) is 4.71. The fourth-order valence-corrected chi connectivity index (χ4v) is 3.51. The van der Waals surface area contributed by atoms with E-state index in [1.165, 1.54) is 4.90 Å². The molecule has 10 heteroatoms. The van der Waals surface area contributed by atoms with Gasteiger partial charge in [-0.15, -0.1) is 10.2 Å². The minimum atomic E-state index is 0.417. The van der Waals surface area contributed by atoms with Crippen molar-refractivity contribution in [3.05, 3.63) is 36.5 Å². The molecule has 2 aromatic heterocycles. The monoisotopic (exact) mass is 413 g/mol. The zero-order chi connectivity index (χ0) is 20.9. The van der Waals surface area contributed by atoms with Crippen molar-refractivity contribution in [2.24, 2.45) is 0 Å². The summed E-state index contributed by atoms with van der Waals surface area (Å²) < 4.78 is 22.1. The van der Waals surface area contributed by atoms with Gasteiger partial charge in [-0.25, -0.2) is 9.97 Å². The minimum absolute atomic E-state index is 0.417. The maximum absolute atomic E-state index is 5.92. The first-order chi connectivity index (χ1) is 14.7. The highest BCUT2D eigenvalue weighted by Gasteiger charge is 2.24. The summed E-state index contributed by atoms with van der Waals surface area (Å²) in [6, 6.07) is 5.42. The van der Waals surface area contributed by atoms with Gasteiger partial charge in [0.1, 0.15) is 0 Å².